The Labute approximate surface area is 103 Å². The van der Waals surface area contributed by atoms with E-state index < -0.39 is 0 Å². The molecule has 2 rings (SSSR count). The minimum absolute atomic E-state index is 0.311. The van der Waals surface area contributed by atoms with Gasteiger partial charge in [-0.25, -0.2) is 0 Å². The summed E-state index contributed by atoms with van der Waals surface area (Å²) in [6.07, 6.45) is 6.73. The van der Waals surface area contributed by atoms with Crippen molar-refractivity contribution < 1.29 is 0 Å². The van der Waals surface area contributed by atoms with E-state index in [1.165, 1.54) is 37.7 Å². The molecule has 1 aliphatic rings. The summed E-state index contributed by atoms with van der Waals surface area (Å²) in [5.41, 5.74) is 1.31. The minimum Gasteiger partial charge on any atom is -0.306 e. The van der Waals surface area contributed by atoms with Crippen LogP contribution >= 0.6 is 11.6 Å². The summed E-state index contributed by atoms with van der Waals surface area (Å²) in [5.74, 6) is 0.653. The fourth-order valence-electron chi connectivity index (χ4n) is 2.47. The van der Waals surface area contributed by atoms with Crippen LogP contribution < -0.4 is 5.32 Å². The zero-order valence-corrected chi connectivity index (χ0v) is 10.4. The molecule has 0 aromatic heterocycles. The van der Waals surface area contributed by atoms with Crippen LogP contribution in [0.2, 0.25) is 0 Å². The highest BCUT2D eigenvalue weighted by molar-refractivity contribution is 6.18. The van der Waals surface area contributed by atoms with Crippen LogP contribution in [0.1, 0.15) is 43.7 Å². The molecule has 1 unspecified atom stereocenters. The molecule has 88 valence electrons. The van der Waals surface area contributed by atoms with Crippen molar-refractivity contribution in [2.75, 3.05) is 5.88 Å². The van der Waals surface area contributed by atoms with Crippen molar-refractivity contribution in [2.24, 2.45) is 0 Å². The van der Waals surface area contributed by atoms with Gasteiger partial charge in [-0.1, -0.05) is 49.6 Å². The van der Waals surface area contributed by atoms with E-state index in [2.05, 4.69) is 35.6 Å². The Hall–Kier alpha value is -0.530. The van der Waals surface area contributed by atoms with E-state index in [0.29, 0.717) is 18.0 Å². The first-order valence-electron chi connectivity index (χ1n) is 6.27. The molecule has 1 nitrogen and oxygen atoms in total. The molecule has 0 saturated heterocycles. The molecule has 0 bridgehead atoms. The van der Waals surface area contributed by atoms with E-state index in [1.54, 1.807) is 0 Å². The van der Waals surface area contributed by atoms with Crippen LogP contribution in [0.15, 0.2) is 30.3 Å². The lowest BCUT2D eigenvalue weighted by molar-refractivity contribution is 0.348. The molecule has 2 heteroatoms. The molecule has 0 aliphatic heterocycles. The van der Waals surface area contributed by atoms with Crippen molar-refractivity contribution in [3.05, 3.63) is 35.9 Å². The van der Waals surface area contributed by atoms with Crippen molar-refractivity contribution in [3.63, 3.8) is 0 Å². The smallest absolute Gasteiger partial charge is 0.0459 e. The number of rotatable bonds is 4. The van der Waals surface area contributed by atoms with E-state index in [9.17, 15) is 0 Å². The van der Waals surface area contributed by atoms with Crippen LogP contribution in [0.3, 0.4) is 0 Å². The van der Waals surface area contributed by atoms with Gasteiger partial charge in [0.05, 0.1) is 0 Å². The number of hydrogen-bond donors (Lipinski definition) is 1. The van der Waals surface area contributed by atoms with Crippen molar-refractivity contribution in [1.82, 2.24) is 5.32 Å². The molecule has 16 heavy (non-hydrogen) atoms. The summed E-state index contributed by atoms with van der Waals surface area (Å²) < 4.78 is 0. The number of hydrogen-bond acceptors (Lipinski definition) is 1. The number of nitrogens with one attached hydrogen (secondary N) is 1. The second-order valence-electron chi connectivity index (χ2n) is 4.62. The maximum atomic E-state index is 6.06. The van der Waals surface area contributed by atoms with Gasteiger partial charge < -0.3 is 5.32 Å². The van der Waals surface area contributed by atoms with Crippen LogP contribution in [0.4, 0.5) is 0 Å². The first-order valence-corrected chi connectivity index (χ1v) is 6.80. The maximum absolute atomic E-state index is 6.06. The summed E-state index contributed by atoms with van der Waals surface area (Å²) in [6, 6.07) is 11.5. The Bertz CT molecular complexity index is 293. The van der Waals surface area contributed by atoms with Gasteiger partial charge in [0.2, 0.25) is 0 Å². The third-order valence-corrected chi connectivity index (χ3v) is 3.71. The predicted octanol–water partition coefficient (Wildman–Crippen LogP) is 3.89. The van der Waals surface area contributed by atoms with Gasteiger partial charge in [-0.3, -0.25) is 0 Å². The Morgan fingerprint density at radius 2 is 1.81 bits per heavy atom. The lowest BCUT2D eigenvalue weighted by Crippen LogP contribution is -2.35. The molecular weight excluding hydrogens is 218 g/mol. The first-order chi connectivity index (χ1) is 7.90. The van der Waals surface area contributed by atoms with Crippen molar-refractivity contribution in [1.29, 1.82) is 0 Å². The molecule has 1 aromatic carbocycles. The Morgan fingerprint density at radius 1 is 1.12 bits per heavy atom. The van der Waals surface area contributed by atoms with E-state index in [0.717, 1.165) is 0 Å². The number of alkyl halides is 1. The molecule has 1 aliphatic carbocycles. The SMILES string of the molecule is ClCC(NC1CCCCC1)c1ccccc1. The van der Waals surface area contributed by atoms with Gasteiger partial charge in [-0.2, -0.15) is 0 Å². The normalized spacial score (nSPS) is 19.6. The van der Waals surface area contributed by atoms with Crippen LogP contribution in [0, 0.1) is 0 Å². The second-order valence-corrected chi connectivity index (χ2v) is 4.93. The summed E-state index contributed by atoms with van der Waals surface area (Å²) in [4.78, 5) is 0. The van der Waals surface area contributed by atoms with Crippen molar-refractivity contribution in [3.8, 4) is 0 Å². The summed E-state index contributed by atoms with van der Waals surface area (Å²) in [7, 11) is 0. The zero-order valence-electron chi connectivity index (χ0n) is 9.66. The predicted molar refractivity (Wildman–Crippen MR) is 69.9 cm³/mol. The third-order valence-electron chi connectivity index (χ3n) is 3.40. The highest BCUT2D eigenvalue weighted by Crippen LogP contribution is 2.22. The number of benzene rings is 1. The van der Waals surface area contributed by atoms with Gasteiger partial charge in [0.25, 0.3) is 0 Å². The molecule has 1 atom stereocenters. The average molecular weight is 238 g/mol. The van der Waals surface area contributed by atoms with Crippen molar-refractivity contribution in [2.45, 2.75) is 44.2 Å². The molecule has 0 heterocycles. The molecule has 0 spiro atoms. The quantitative estimate of drug-likeness (QED) is 0.784. The van der Waals surface area contributed by atoms with Crippen molar-refractivity contribution >= 4 is 11.6 Å². The van der Waals surface area contributed by atoms with Crippen LogP contribution in [0.5, 0.6) is 0 Å². The zero-order chi connectivity index (χ0) is 11.2. The fourth-order valence-corrected chi connectivity index (χ4v) is 2.74. The van der Waals surface area contributed by atoms with Crippen LogP contribution in [-0.4, -0.2) is 11.9 Å². The summed E-state index contributed by atoms with van der Waals surface area (Å²) in [6.45, 7) is 0. The Balaban J connectivity index is 1.94. The summed E-state index contributed by atoms with van der Waals surface area (Å²) in [5, 5.41) is 3.69. The highest BCUT2D eigenvalue weighted by atomic mass is 35.5. The van der Waals surface area contributed by atoms with Crippen LogP contribution in [0.25, 0.3) is 0 Å². The van der Waals surface area contributed by atoms with Gasteiger partial charge in [0.15, 0.2) is 0 Å². The molecule has 1 aromatic rings. The lowest BCUT2D eigenvalue weighted by Gasteiger charge is -2.27. The van der Waals surface area contributed by atoms with Gasteiger partial charge in [0.1, 0.15) is 0 Å². The topological polar surface area (TPSA) is 12.0 Å². The monoisotopic (exact) mass is 237 g/mol. The van der Waals surface area contributed by atoms with E-state index in [1.807, 2.05) is 0 Å². The van der Waals surface area contributed by atoms with E-state index in [4.69, 9.17) is 11.6 Å². The van der Waals surface area contributed by atoms with E-state index in [-0.39, 0.29) is 0 Å². The third kappa shape index (κ3) is 3.23. The molecule has 1 saturated carbocycles. The second kappa shape index (κ2) is 6.27. The Kier molecular flexibility index (Phi) is 4.68. The molecule has 1 fully saturated rings. The first kappa shape index (κ1) is 11.9. The molecule has 0 radical (unpaired) electrons. The summed E-state index contributed by atoms with van der Waals surface area (Å²) >= 11 is 6.06. The maximum Gasteiger partial charge on any atom is 0.0459 e. The average Bonchev–Trinajstić information content (AvgIpc) is 2.38. The minimum atomic E-state index is 0.311. The lowest BCUT2D eigenvalue weighted by atomic mass is 9.94. The standard InChI is InChI=1S/C14H20ClN/c15-11-14(12-7-3-1-4-8-12)16-13-9-5-2-6-10-13/h1,3-4,7-8,13-14,16H,2,5-6,9-11H2. The number of halogens is 1. The van der Waals surface area contributed by atoms with Gasteiger partial charge >= 0.3 is 0 Å². The fraction of sp³-hybridized carbons (Fsp3) is 0.571. The van der Waals surface area contributed by atoms with Gasteiger partial charge in [0, 0.05) is 18.0 Å². The molecule has 0 amide bonds. The Morgan fingerprint density at radius 3 is 2.44 bits per heavy atom. The van der Waals surface area contributed by atoms with Crippen LogP contribution in [-0.2, 0) is 0 Å². The van der Waals surface area contributed by atoms with Gasteiger partial charge in [-0.15, -0.1) is 11.6 Å². The van der Waals surface area contributed by atoms with E-state index >= 15 is 0 Å². The molecular formula is C14H20ClN. The molecule has 1 N–H and O–H groups in total. The largest absolute Gasteiger partial charge is 0.306 e. The highest BCUT2D eigenvalue weighted by Gasteiger charge is 2.18. The van der Waals surface area contributed by atoms with Gasteiger partial charge in [-0.05, 0) is 18.4 Å².